The van der Waals surface area contributed by atoms with Crippen LogP contribution in [0.2, 0.25) is 0 Å². The maximum Gasteiger partial charge on any atom is 0.321 e. The molecule has 0 aliphatic rings. The molecule has 0 bridgehead atoms. The van der Waals surface area contributed by atoms with Crippen LogP contribution in [-0.4, -0.2) is 67.1 Å². The summed E-state index contributed by atoms with van der Waals surface area (Å²) in [4.78, 5) is 38.0. The number of aliphatic carboxylic acids is 1. The Labute approximate surface area is 147 Å². The second kappa shape index (κ2) is 8.91. The van der Waals surface area contributed by atoms with E-state index in [0.29, 0.717) is 23.6 Å². The number of carboxylic acid groups (broad SMARTS) is 1. The highest BCUT2D eigenvalue weighted by atomic mass is 16.5. The van der Waals surface area contributed by atoms with Crippen LogP contribution in [-0.2, 0) is 4.79 Å². The summed E-state index contributed by atoms with van der Waals surface area (Å²) in [5.74, 6) is -1.44. The number of nitrogens with zero attached hydrogens (tertiary/aromatic N) is 2. The Morgan fingerprint density at radius 2 is 1.88 bits per heavy atom. The molecule has 0 radical (unpaired) electrons. The van der Waals surface area contributed by atoms with Crippen LogP contribution in [0.4, 0.5) is 10.5 Å². The van der Waals surface area contributed by atoms with E-state index in [2.05, 4.69) is 5.32 Å². The zero-order chi connectivity index (χ0) is 19.1. The number of urea groups is 1. The molecule has 1 unspecified atom stereocenters. The second-order valence-electron chi connectivity index (χ2n) is 5.89. The van der Waals surface area contributed by atoms with Crippen molar-refractivity contribution in [3.8, 4) is 5.75 Å². The lowest BCUT2D eigenvalue weighted by molar-refractivity contribution is -0.141. The number of benzene rings is 1. The summed E-state index contributed by atoms with van der Waals surface area (Å²) in [5, 5.41) is 11.6. The van der Waals surface area contributed by atoms with Crippen LogP contribution in [0.1, 0.15) is 24.2 Å². The first-order valence-electron chi connectivity index (χ1n) is 7.90. The number of amides is 3. The summed E-state index contributed by atoms with van der Waals surface area (Å²) in [7, 11) is 4.78. The Bertz CT molecular complexity index is 645. The molecular weight excluding hydrogens is 326 g/mol. The predicted octanol–water partition coefficient (Wildman–Crippen LogP) is 1.97. The predicted molar refractivity (Wildman–Crippen MR) is 94.1 cm³/mol. The van der Waals surface area contributed by atoms with Crippen molar-refractivity contribution in [1.82, 2.24) is 9.80 Å². The molecule has 138 valence electrons. The van der Waals surface area contributed by atoms with E-state index in [0.717, 1.165) is 0 Å². The van der Waals surface area contributed by atoms with Crippen molar-refractivity contribution in [3.63, 3.8) is 0 Å². The summed E-state index contributed by atoms with van der Waals surface area (Å²) in [6, 6.07) is 4.30. The molecule has 25 heavy (non-hydrogen) atoms. The lowest BCUT2D eigenvalue weighted by Crippen LogP contribution is -2.36. The van der Waals surface area contributed by atoms with Crippen molar-refractivity contribution in [2.75, 3.05) is 39.6 Å². The van der Waals surface area contributed by atoms with Gasteiger partial charge in [0.1, 0.15) is 5.75 Å². The summed E-state index contributed by atoms with van der Waals surface area (Å²) < 4.78 is 5.48. The Kier molecular flexibility index (Phi) is 7.22. The Morgan fingerprint density at radius 3 is 2.40 bits per heavy atom. The molecule has 0 aromatic heterocycles. The number of carbonyl (C=O) groups is 3. The maximum atomic E-state index is 12.3. The summed E-state index contributed by atoms with van der Waals surface area (Å²) in [6.45, 7) is 3.79. The largest absolute Gasteiger partial charge is 0.492 e. The van der Waals surface area contributed by atoms with Crippen LogP contribution in [0.15, 0.2) is 18.2 Å². The first kappa shape index (κ1) is 20.3. The minimum absolute atomic E-state index is 0.0570. The topological polar surface area (TPSA) is 99.2 Å². The van der Waals surface area contributed by atoms with Gasteiger partial charge in [-0.25, -0.2) is 4.79 Å². The number of anilines is 1. The van der Waals surface area contributed by atoms with Crippen LogP contribution >= 0.6 is 0 Å². The smallest absolute Gasteiger partial charge is 0.321 e. The minimum atomic E-state index is -0.978. The van der Waals surface area contributed by atoms with Gasteiger partial charge in [-0.3, -0.25) is 9.59 Å². The van der Waals surface area contributed by atoms with E-state index in [1.807, 2.05) is 6.92 Å². The van der Waals surface area contributed by atoms with E-state index in [1.165, 1.54) is 23.8 Å². The van der Waals surface area contributed by atoms with Gasteiger partial charge >= 0.3 is 12.0 Å². The molecule has 1 atom stereocenters. The van der Waals surface area contributed by atoms with Gasteiger partial charge in [-0.1, -0.05) is 6.92 Å². The van der Waals surface area contributed by atoms with Crippen molar-refractivity contribution in [1.29, 1.82) is 0 Å². The van der Waals surface area contributed by atoms with Gasteiger partial charge in [0.05, 0.1) is 18.2 Å². The molecule has 8 heteroatoms. The molecule has 1 aromatic carbocycles. The molecule has 0 aliphatic heterocycles. The molecule has 0 aliphatic carbocycles. The van der Waals surface area contributed by atoms with Crippen LogP contribution in [0.3, 0.4) is 0 Å². The number of hydrogen-bond donors (Lipinski definition) is 2. The molecule has 0 saturated carbocycles. The van der Waals surface area contributed by atoms with E-state index in [4.69, 9.17) is 9.84 Å². The molecule has 0 fully saturated rings. The van der Waals surface area contributed by atoms with Gasteiger partial charge in [0.15, 0.2) is 0 Å². The number of ether oxygens (including phenoxy) is 1. The van der Waals surface area contributed by atoms with E-state index >= 15 is 0 Å². The molecule has 1 rings (SSSR count). The van der Waals surface area contributed by atoms with E-state index in [1.54, 1.807) is 32.3 Å². The van der Waals surface area contributed by atoms with Gasteiger partial charge in [-0.05, 0) is 25.1 Å². The SMILES string of the molecule is CCOc1ccc(C(=O)N(C)C)cc1NC(=O)N(C)CC(C)C(=O)O. The first-order valence-corrected chi connectivity index (χ1v) is 7.90. The van der Waals surface area contributed by atoms with Crippen LogP contribution in [0, 0.1) is 5.92 Å². The van der Waals surface area contributed by atoms with Crippen molar-refractivity contribution in [2.24, 2.45) is 5.92 Å². The van der Waals surface area contributed by atoms with Crippen molar-refractivity contribution in [3.05, 3.63) is 23.8 Å². The maximum absolute atomic E-state index is 12.3. The third kappa shape index (κ3) is 5.66. The highest BCUT2D eigenvalue weighted by Crippen LogP contribution is 2.26. The summed E-state index contributed by atoms with van der Waals surface area (Å²) >= 11 is 0. The fourth-order valence-corrected chi connectivity index (χ4v) is 2.08. The Hall–Kier alpha value is -2.77. The van der Waals surface area contributed by atoms with E-state index in [-0.39, 0.29) is 12.5 Å². The fraction of sp³-hybridized carbons (Fsp3) is 0.471. The fourth-order valence-electron chi connectivity index (χ4n) is 2.08. The lowest BCUT2D eigenvalue weighted by atomic mass is 10.1. The number of rotatable bonds is 7. The summed E-state index contributed by atoms with van der Waals surface area (Å²) in [6.07, 6.45) is 0. The molecule has 0 spiro atoms. The average molecular weight is 351 g/mol. The highest BCUT2D eigenvalue weighted by Gasteiger charge is 2.19. The molecule has 0 heterocycles. The van der Waals surface area contributed by atoms with Crippen LogP contribution in [0.25, 0.3) is 0 Å². The molecule has 8 nitrogen and oxygen atoms in total. The quantitative estimate of drug-likeness (QED) is 0.782. The Balaban J connectivity index is 3.00. The standard InChI is InChI=1S/C17H25N3O5/c1-6-25-14-8-7-12(15(21)19(3)4)9-13(14)18-17(24)20(5)10-11(2)16(22)23/h7-9,11H,6,10H2,1-5H3,(H,18,24)(H,22,23). The van der Waals surface area contributed by atoms with Crippen molar-refractivity contribution >= 4 is 23.6 Å². The van der Waals surface area contributed by atoms with Crippen molar-refractivity contribution in [2.45, 2.75) is 13.8 Å². The van der Waals surface area contributed by atoms with Crippen LogP contribution in [0.5, 0.6) is 5.75 Å². The third-order valence-electron chi connectivity index (χ3n) is 3.49. The van der Waals surface area contributed by atoms with Gasteiger partial charge < -0.3 is 25.0 Å². The normalized spacial score (nSPS) is 11.4. The molecule has 0 saturated heterocycles. The number of carbonyl (C=O) groups excluding carboxylic acids is 2. The molecular formula is C17H25N3O5. The minimum Gasteiger partial charge on any atom is -0.492 e. The first-order chi connectivity index (χ1) is 11.7. The number of hydrogen-bond acceptors (Lipinski definition) is 4. The Morgan fingerprint density at radius 1 is 1.24 bits per heavy atom. The van der Waals surface area contributed by atoms with Gasteiger partial charge in [0, 0.05) is 33.3 Å². The zero-order valence-electron chi connectivity index (χ0n) is 15.2. The summed E-state index contributed by atoms with van der Waals surface area (Å²) in [5.41, 5.74) is 0.764. The van der Waals surface area contributed by atoms with Crippen LogP contribution < -0.4 is 10.1 Å². The van der Waals surface area contributed by atoms with Gasteiger partial charge in [0.25, 0.3) is 5.91 Å². The molecule has 2 N–H and O–H groups in total. The van der Waals surface area contributed by atoms with E-state index in [9.17, 15) is 14.4 Å². The third-order valence-corrected chi connectivity index (χ3v) is 3.49. The highest BCUT2D eigenvalue weighted by molar-refractivity contribution is 5.97. The average Bonchev–Trinajstić information content (AvgIpc) is 2.55. The van der Waals surface area contributed by atoms with E-state index < -0.39 is 17.9 Å². The number of carboxylic acids is 1. The van der Waals surface area contributed by atoms with Gasteiger partial charge in [-0.2, -0.15) is 0 Å². The van der Waals surface area contributed by atoms with Gasteiger partial charge in [0.2, 0.25) is 0 Å². The monoisotopic (exact) mass is 351 g/mol. The zero-order valence-corrected chi connectivity index (χ0v) is 15.2. The second-order valence-corrected chi connectivity index (χ2v) is 5.89. The van der Waals surface area contributed by atoms with Crippen molar-refractivity contribution < 1.29 is 24.2 Å². The number of nitrogens with one attached hydrogen (secondary N) is 1. The van der Waals surface area contributed by atoms with Gasteiger partial charge in [-0.15, -0.1) is 0 Å². The molecule has 3 amide bonds. The molecule has 1 aromatic rings. The lowest BCUT2D eigenvalue weighted by Gasteiger charge is -2.21.